The van der Waals surface area contributed by atoms with Gasteiger partial charge in [-0.3, -0.25) is 4.68 Å². The molecule has 0 fully saturated rings. The largest absolute Gasteiger partial charge is 0.304 e. The van der Waals surface area contributed by atoms with E-state index in [-0.39, 0.29) is 6.04 Å². The minimum Gasteiger partial charge on any atom is -0.304 e. The lowest BCUT2D eigenvalue weighted by atomic mass is 10.1. The van der Waals surface area contributed by atoms with Crippen molar-refractivity contribution in [3.63, 3.8) is 0 Å². The van der Waals surface area contributed by atoms with Crippen molar-refractivity contribution < 1.29 is 0 Å². The lowest BCUT2D eigenvalue weighted by molar-refractivity contribution is 0.576. The maximum Gasteiger partial charge on any atom is 0.0892 e. The molecular formula is C10H14ClN5S. The molecule has 0 aliphatic heterocycles. The fourth-order valence-electron chi connectivity index (χ4n) is 1.77. The van der Waals surface area contributed by atoms with Crippen LogP contribution in [0.4, 0.5) is 0 Å². The van der Waals surface area contributed by atoms with Crippen molar-refractivity contribution in [1.82, 2.24) is 24.7 Å². The second-order valence-electron chi connectivity index (χ2n) is 3.71. The van der Waals surface area contributed by atoms with Crippen molar-refractivity contribution in [2.75, 3.05) is 6.54 Å². The first-order chi connectivity index (χ1) is 8.15. The lowest BCUT2D eigenvalue weighted by Crippen LogP contribution is -2.24. The van der Waals surface area contributed by atoms with E-state index < -0.39 is 0 Å². The van der Waals surface area contributed by atoms with E-state index in [4.69, 9.17) is 11.6 Å². The van der Waals surface area contributed by atoms with Crippen LogP contribution in [0.3, 0.4) is 0 Å². The molecule has 0 aliphatic carbocycles. The molecule has 0 aliphatic rings. The zero-order valence-electron chi connectivity index (χ0n) is 9.94. The molecule has 17 heavy (non-hydrogen) atoms. The molecule has 2 aromatic heterocycles. The van der Waals surface area contributed by atoms with Gasteiger partial charge in [0, 0.05) is 7.05 Å². The molecule has 2 rings (SSSR count). The van der Waals surface area contributed by atoms with E-state index in [0.29, 0.717) is 5.02 Å². The second-order valence-corrected chi connectivity index (χ2v) is 4.91. The first kappa shape index (κ1) is 12.5. The highest BCUT2D eigenvalue weighted by atomic mass is 35.5. The lowest BCUT2D eigenvalue weighted by Gasteiger charge is -2.17. The Hall–Kier alpha value is -0.980. The molecule has 0 radical (unpaired) electrons. The molecule has 0 amide bonds. The Kier molecular flexibility index (Phi) is 3.76. The van der Waals surface area contributed by atoms with Crippen LogP contribution in [0, 0.1) is 6.92 Å². The van der Waals surface area contributed by atoms with E-state index in [0.717, 1.165) is 22.8 Å². The number of aryl methyl sites for hydroxylation is 2. The van der Waals surface area contributed by atoms with E-state index >= 15 is 0 Å². The Bertz CT molecular complexity index is 487. The summed E-state index contributed by atoms with van der Waals surface area (Å²) in [5, 5.41) is 12.3. The molecule has 5 nitrogen and oxygen atoms in total. The van der Waals surface area contributed by atoms with Crippen LogP contribution in [-0.2, 0) is 7.05 Å². The van der Waals surface area contributed by atoms with Gasteiger partial charge in [-0.05, 0) is 25.0 Å². The summed E-state index contributed by atoms with van der Waals surface area (Å²) in [6.45, 7) is 4.85. The van der Waals surface area contributed by atoms with Gasteiger partial charge in [0.1, 0.15) is 0 Å². The average molecular weight is 272 g/mol. The summed E-state index contributed by atoms with van der Waals surface area (Å²) >= 11 is 7.58. The Morgan fingerprint density at radius 1 is 1.59 bits per heavy atom. The molecule has 2 aromatic rings. The van der Waals surface area contributed by atoms with Gasteiger partial charge >= 0.3 is 0 Å². The molecule has 92 valence electrons. The molecule has 7 heteroatoms. The molecule has 0 spiro atoms. The third kappa shape index (κ3) is 2.34. The number of halogens is 1. The fraction of sp³-hybridized carbons (Fsp3) is 0.500. The Balaban J connectivity index is 2.46. The summed E-state index contributed by atoms with van der Waals surface area (Å²) in [6, 6.07) is -0.000000000000000444. The van der Waals surface area contributed by atoms with E-state index in [1.54, 1.807) is 10.9 Å². The molecule has 1 N–H and O–H groups in total. The summed E-state index contributed by atoms with van der Waals surface area (Å²) < 4.78 is 5.76. The summed E-state index contributed by atoms with van der Waals surface area (Å²) in [4.78, 5) is 1.08. The van der Waals surface area contributed by atoms with Crippen LogP contribution >= 0.6 is 23.1 Å². The van der Waals surface area contributed by atoms with Crippen LogP contribution in [0.15, 0.2) is 6.20 Å². The van der Waals surface area contributed by atoms with Gasteiger partial charge in [-0.25, -0.2) is 0 Å². The highest BCUT2D eigenvalue weighted by Gasteiger charge is 2.24. The Labute approximate surface area is 109 Å². The summed E-state index contributed by atoms with van der Waals surface area (Å²) in [6.07, 6.45) is 1.66. The first-order valence-corrected chi connectivity index (χ1v) is 6.50. The van der Waals surface area contributed by atoms with Gasteiger partial charge in [-0.2, -0.15) is 5.10 Å². The Morgan fingerprint density at radius 2 is 2.35 bits per heavy atom. The van der Waals surface area contributed by atoms with Crippen molar-refractivity contribution in [2.45, 2.75) is 19.9 Å². The van der Waals surface area contributed by atoms with E-state index in [1.807, 2.05) is 14.0 Å². The minimum absolute atomic E-state index is 0.000000000000000444. The third-order valence-electron chi connectivity index (χ3n) is 2.57. The van der Waals surface area contributed by atoms with Crippen molar-refractivity contribution in [1.29, 1.82) is 0 Å². The van der Waals surface area contributed by atoms with Crippen molar-refractivity contribution in [3.05, 3.63) is 27.5 Å². The quantitative estimate of drug-likeness (QED) is 0.923. The predicted octanol–water partition coefficient (Wildman–Crippen LogP) is 1.93. The molecule has 1 unspecified atom stereocenters. The molecule has 1 atom stereocenters. The molecular weight excluding hydrogens is 258 g/mol. The highest BCUT2D eigenvalue weighted by Crippen LogP contribution is 2.30. The number of nitrogens with zero attached hydrogens (tertiary/aromatic N) is 4. The maximum absolute atomic E-state index is 6.19. The number of hydrogen-bond acceptors (Lipinski definition) is 5. The molecule has 0 saturated heterocycles. The van der Waals surface area contributed by atoms with E-state index in [1.165, 1.54) is 11.5 Å². The monoisotopic (exact) mass is 271 g/mol. The highest BCUT2D eigenvalue weighted by molar-refractivity contribution is 7.05. The second kappa shape index (κ2) is 5.12. The van der Waals surface area contributed by atoms with Crippen LogP contribution in [0.1, 0.15) is 29.2 Å². The van der Waals surface area contributed by atoms with Crippen molar-refractivity contribution in [2.24, 2.45) is 7.05 Å². The van der Waals surface area contributed by atoms with Gasteiger partial charge in [0.25, 0.3) is 0 Å². The van der Waals surface area contributed by atoms with Gasteiger partial charge in [-0.1, -0.05) is 23.0 Å². The summed E-state index contributed by atoms with van der Waals surface area (Å²) in [5.74, 6) is 0. The fourth-order valence-corrected chi connectivity index (χ4v) is 2.76. The van der Waals surface area contributed by atoms with Crippen LogP contribution in [0.5, 0.6) is 0 Å². The van der Waals surface area contributed by atoms with Gasteiger partial charge in [-0.15, -0.1) is 5.10 Å². The number of rotatable bonds is 4. The predicted molar refractivity (Wildman–Crippen MR) is 68.4 cm³/mol. The SMILES string of the molecule is CCNC(c1snnc1C)c1c(Cl)cnn1C. The normalized spacial score (nSPS) is 12.9. The number of nitrogens with one attached hydrogen (secondary N) is 1. The molecule has 2 heterocycles. The van der Waals surface area contributed by atoms with Crippen molar-refractivity contribution >= 4 is 23.1 Å². The van der Waals surface area contributed by atoms with Gasteiger partial charge in [0.15, 0.2) is 0 Å². The standard InChI is InChI=1S/C10H14ClN5S/c1-4-12-8(10-6(2)14-15-17-10)9-7(11)5-13-16(9)3/h5,8,12H,4H2,1-3H3. The van der Waals surface area contributed by atoms with Crippen LogP contribution in [-0.4, -0.2) is 25.9 Å². The topological polar surface area (TPSA) is 55.6 Å². The minimum atomic E-state index is -0.000000000000000444. The smallest absolute Gasteiger partial charge is 0.0892 e. The number of aromatic nitrogens is 4. The van der Waals surface area contributed by atoms with Gasteiger partial charge in [0.05, 0.1) is 33.5 Å². The van der Waals surface area contributed by atoms with Gasteiger partial charge in [0.2, 0.25) is 0 Å². The first-order valence-electron chi connectivity index (χ1n) is 5.34. The van der Waals surface area contributed by atoms with Crippen molar-refractivity contribution in [3.8, 4) is 0 Å². The number of hydrogen-bond donors (Lipinski definition) is 1. The molecule has 0 aromatic carbocycles. The van der Waals surface area contributed by atoms with Crippen LogP contribution in [0.25, 0.3) is 0 Å². The van der Waals surface area contributed by atoms with E-state index in [2.05, 4.69) is 26.9 Å². The van der Waals surface area contributed by atoms with Crippen LogP contribution < -0.4 is 5.32 Å². The summed E-state index contributed by atoms with van der Waals surface area (Å²) in [7, 11) is 1.88. The molecule has 0 bridgehead atoms. The maximum atomic E-state index is 6.19. The Morgan fingerprint density at radius 3 is 2.82 bits per heavy atom. The van der Waals surface area contributed by atoms with Gasteiger partial charge < -0.3 is 5.32 Å². The molecule has 0 saturated carbocycles. The zero-order valence-corrected chi connectivity index (χ0v) is 11.5. The average Bonchev–Trinajstić information content (AvgIpc) is 2.84. The van der Waals surface area contributed by atoms with E-state index in [9.17, 15) is 0 Å². The third-order valence-corrected chi connectivity index (χ3v) is 3.75. The summed E-state index contributed by atoms with van der Waals surface area (Å²) in [5.41, 5.74) is 1.88. The van der Waals surface area contributed by atoms with Crippen LogP contribution in [0.2, 0.25) is 5.02 Å². The zero-order chi connectivity index (χ0) is 12.4.